The minimum atomic E-state index is -0.858. The van der Waals surface area contributed by atoms with Gasteiger partial charge in [-0.05, 0) is 9.91 Å². The van der Waals surface area contributed by atoms with E-state index in [2.05, 4.69) is 4.98 Å². The summed E-state index contributed by atoms with van der Waals surface area (Å²) in [4.78, 5) is 12.5. The number of rotatable bonds is 1. The van der Waals surface area contributed by atoms with Gasteiger partial charge in [-0.1, -0.05) is 0 Å². The lowest BCUT2D eigenvalue weighted by Gasteiger charge is -1.91. The molecule has 0 saturated carbocycles. The summed E-state index contributed by atoms with van der Waals surface area (Å²) in [6.45, 7) is 0. The largest absolute Gasteiger partial charge is 0.364 e. The fraction of sp³-hybridized carbons (Fsp3) is 0. The van der Waals surface area contributed by atoms with Gasteiger partial charge < -0.3 is 10.1 Å². The van der Waals surface area contributed by atoms with E-state index in [1.54, 1.807) is 0 Å². The monoisotopic (exact) mass is 167 g/mol. The molecule has 12 heavy (non-hydrogen) atoms. The smallest absolute Gasteiger partial charge is 0.358 e. The fourth-order valence-electron chi connectivity index (χ4n) is 0.613. The highest BCUT2D eigenvalue weighted by Crippen LogP contribution is 2.11. The van der Waals surface area contributed by atoms with Crippen LogP contribution in [0.25, 0.3) is 0 Å². The van der Waals surface area contributed by atoms with E-state index in [0.717, 1.165) is 6.07 Å². The van der Waals surface area contributed by atoms with Crippen molar-refractivity contribution in [2.45, 2.75) is 0 Å². The van der Waals surface area contributed by atoms with Gasteiger partial charge in [0.05, 0.1) is 6.07 Å². The molecule has 1 heterocycles. The first-order valence-electron chi connectivity index (χ1n) is 2.85. The Balaban J connectivity index is 3.25. The maximum atomic E-state index is 12.5. The van der Waals surface area contributed by atoms with Gasteiger partial charge >= 0.3 is 5.82 Å². The van der Waals surface area contributed by atoms with Crippen LogP contribution in [0.5, 0.6) is 0 Å². The Bertz CT molecular complexity index is 372. The molecule has 60 valence electrons. The van der Waals surface area contributed by atoms with Gasteiger partial charge in [0.2, 0.25) is 0 Å². The third kappa shape index (κ3) is 1.34. The second kappa shape index (κ2) is 2.92. The van der Waals surface area contributed by atoms with Crippen molar-refractivity contribution in [3.05, 3.63) is 33.8 Å². The quantitative estimate of drug-likeness (QED) is 0.461. The van der Waals surface area contributed by atoms with E-state index in [4.69, 9.17) is 5.26 Å². The number of aromatic nitrogens is 1. The van der Waals surface area contributed by atoms with E-state index in [1.165, 1.54) is 6.07 Å². The molecular formula is C6H2FN3O2. The lowest BCUT2D eigenvalue weighted by atomic mass is 10.3. The summed E-state index contributed by atoms with van der Waals surface area (Å²) in [6, 6.07) is 2.26. The Hall–Kier alpha value is -2.03. The van der Waals surface area contributed by atoms with Crippen molar-refractivity contribution in [2.24, 2.45) is 0 Å². The molecule has 0 spiro atoms. The molecule has 0 atom stereocenters. The third-order valence-electron chi connectivity index (χ3n) is 1.15. The molecule has 0 saturated heterocycles. The van der Waals surface area contributed by atoms with Crippen LogP contribution in [0, 0.1) is 27.3 Å². The predicted octanol–water partition coefficient (Wildman–Crippen LogP) is 1.00. The van der Waals surface area contributed by atoms with Gasteiger partial charge in [0.15, 0.2) is 12.0 Å². The van der Waals surface area contributed by atoms with E-state index in [0.29, 0.717) is 6.20 Å². The van der Waals surface area contributed by atoms with Gasteiger partial charge in [0, 0.05) is 0 Å². The zero-order chi connectivity index (χ0) is 9.14. The predicted molar refractivity (Wildman–Crippen MR) is 35.6 cm³/mol. The molecular weight excluding hydrogens is 165 g/mol. The third-order valence-corrected chi connectivity index (χ3v) is 1.15. The lowest BCUT2D eigenvalue weighted by Crippen LogP contribution is -1.94. The number of halogens is 1. The summed E-state index contributed by atoms with van der Waals surface area (Å²) in [5, 5.41) is 18.4. The van der Waals surface area contributed by atoms with E-state index in [-0.39, 0.29) is 5.56 Å². The first-order chi connectivity index (χ1) is 5.65. The summed E-state index contributed by atoms with van der Waals surface area (Å²) < 4.78 is 12.5. The van der Waals surface area contributed by atoms with Gasteiger partial charge in [-0.3, -0.25) is 0 Å². The second-order valence-electron chi connectivity index (χ2n) is 1.89. The Morgan fingerprint density at radius 2 is 2.42 bits per heavy atom. The molecule has 0 radical (unpaired) electrons. The highest BCUT2D eigenvalue weighted by Gasteiger charge is 2.11. The van der Waals surface area contributed by atoms with Gasteiger partial charge in [-0.15, -0.1) is 0 Å². The molecule has 0 amide bonds. The average molecular weight is 167 g/mol. The maximum absolute atomic E-state index is 12.5. The van der Waals surface area contributed by atoms with Crippen molar-refractivity contribution in [3.8, 4) is 6.07 Å². The van der Waals surface area contributed by atoms with E-state index in [9.17, 15) is 14.5 Å². The molecule has 1 aromatic rings. The molecule has 0 aliphatic carbocycles. The summed E-state index contributed by atoms with van der Waals surface area (Å²) in [7, 11) is 0. The molecule has 1 rings (SSSR count). The Morgan fingerprint density at radius 1 is 1.75 bits per heavy atom. The molecule has 0 aromatic carbocycles. The molecule has 0 unspecified atom stereocenters. The molecule has 6 heteroatoms. The second-order valence-corrected chi connectivity index (χ2v) is 1.89. The number of hydrogen-bond acceptors (Lipinski definition) is 4. The number of nitrogens with zero attached hydrogens (tertiary/aromatic N) is 3. The topological polar surface area (TPSA) is 79.8 Å². The lowest BCUT2D eigenvalue weighted by molar-refractivity contribution is -0.389. The van der Waals surface area contributed by atoms with Crippen LogP contribution >= 0.6 is 0 Å². The Kier molecular flexibility index (Phi) is 1.96. The van der Waals surface area contributed by atoms with Gasteiger partial charge in [-0.2, -0.15) is 5.26 Å². The minimum Gasteiger partial charge on any atom is -0.358 e. The number of nitro groups is 1. The number of nitriles is 1. The van der Waals surface area contributed by atoms with Crippen molar-refractivity contribution >= 4 is 5.82 Å². The number of hydrogen-bond donors (Lipinski definition) is 0. The van der Waals surface area contributed by atoms with Gasteiger partial charge in [0.1, 0.15) is 11.6 Å². The highest BCUT2D eigenvalue weighted by molar-refractivity contribution is 5.35. The van der Waals surface area contributed by atoms with Crippen molar-refractivity contribution < 1.29 is 9.31 Å². The standard InChI is InChI=1S/C6H2FN3O2/c7-5-3-9-6(10(11)12)1-4(5)2-8/h1,3H. The van der Waals surface area contributed by atoms with E-state index >= 15 is 0 Å². The molecule has 1 aromatic heterocycles. The normalized spacial score (nSPS) is 9.00. The Morgan fingerprint density at radius 3 is 2.92 bits per heavy atom. The van der Waals surface area contributed by atoms with Crippen LogP contribution in [0.4, 0.5) is 10.2 Å². The van der Waals surface area contributed by atoms with Gasteiger partial charge in [-0.25, -0.2) is 4.39 Å². The summed E-state index contributed by atoms with van der Waals surface area (Å²) in [5.41, 5.74) is -0.378. The van der Waals surface area contributed by atoms with Crippen LogP contribution < -0.4 is 0 Å². The fourth-order valence-corrected chi connectivity index (χ4v) is 0.613. The van der Waals surface area contributed by atoms with Crippen LogP contribution in [0.2, 0.25) is 0 Å². The number of pyridine rings is 1. The average Bonchev–Trinajstić information content (AvgIpc) is 2.05. The molecule has 0 N–H and O–H groups in total. The van der Waals surface area contributed by atoms with Crippen molar-refractivity contribution in [3.63, 3.8) is 0 Å². The van der Waals surface area contributed by atoms with Crippen LogP contribution in [-0.4, -0.2) is 9.91 Å². The van der Waals surface area contributed by atoms with Crippen molar-refractivity contribution in [1.29, 1.82) is 5.26 Å². The summed E-state index contributed by atoms with van der Waals surface area (Å²) in [6.07, 6.45) is 0.649. The van der Waals surface area contributed by atoms with Crippen LogP contribution in [0.1, 0.15) is 5.56 Å². The first kappa shape index (κ1) is 8.07. The molecule has 0 fully saturated rings. The SMILES string of the molecule is N#Cc1cc([N+](=O)[O-])ncc1F. The molecule has 0 aliphatic heterocycles. The van der Waals surface area contributed by atoms with Crippen LogP contribution in [-0.2, 0) is 0 Å². The molecule has 0 bridgehead atoms. The zero-order valence-electron chi connectivity index (χ0n) is 5.69. The van der Waals surface area contributed by atoms with Crippen LogP contribution in [0.15, 0.2) is 12.3 Å². The summed E-state index contributed by atoms with van der Waals surface area (Å²) >= 11 is 0. The minimum absolute atomic E-state index is 0.378. The van der Waals surface area contributed by atoms with Gasteiger partial charge in [0.25, 0.3) is 0 Å². The van der Waals surface area contributed by atoms with E-state index < -0.39 is 16.6 Å². The molecule has 0 aliphatic rings. The van der Waals surface area contributed by atoms with E-state index in [1.807, 2.05) is 0 Å². The van der Waals surface area contributed by atoms with Crippen LogP contribution in [0.3, 0.4) is 0 Å². The maximum Gasteiger partial charge on any atom is 0.364 e. The zero-order valence-corrected chi connectivity index (χ0v) is 5.69. The highest BCUT2D eigenvalue weighted by atomic mass is 19.1. The Labute approximate surface area is 66.2 Å². The van der Waals surface area contributed by atoms with Crippen molar-refractivity contribution in [1.82, 2.24) is 4.98 Å². The first-order valence-corrected chi connectivity index (χ1v) is 2.85. The van der Waals surface area contributed by atoms with Crippen molar-refractivity contribution in [2.75, 3.05) is 0 Å². The molecule has 5 nitrogen and oxygen atoms in total. The summed E-state index contributed by atoms with van der Waals surface area (Å²) in [5.74, 6) is -1.39.